The van der Waals surface area contributed by atoms with Gasteiger partial charge < -0.3 is 0 Å². The van der Waals surface area contributed by atoms with Crippen molar-refractivity contribution >= 4 is 41.0 Å². The maximum atomic E-state index is 10.7. The molecule has 100 valence electrons. The molecule has 1 aromatic rings. The van der Waals surface area contributed by atoms with Crippen LogP contribution in [0.25, 0.3) is 0 Å². The van der Waals surface area contributed by atoms with E-state index in [0.717, 1.165) is 10.6 Å². The number of aliphatic imine (C=N–C) groups is 4. The smallest absolute Gasteiger partial charge is 0.258 e. The van der Waals surface area contributed by atoms with Gasteiger partial charge in [-0.15, -0.1) is 11.8 Å². The second-order valence-electron chi connectivity index (χ2n) is 4.08. The zero-order valence-electron chi connectivity index (χ0n) is 10.2. The second-order valence-corrected chi connectivity index (χ2v) is 5.08. The average molecular weight is 287 g/mol. The molecule has 20 heavy (non-hydrogen) atoms. The molecule has 8 heteroatoms. The minimum absolute atomic E-state index is 0.0939. The molecular weight excluding hydrogens is 278 g/mol. The van der Waals surface area contributed by atoms with Crippen LogP contribution in [0.2, 0.25) is 0 Å². The Morgan fingerprint density at radius 2 is 2.20 bits per heavy atom. The number of hydrogen-bond acceptors (Lipinski definition) is 7. The van der Waals surface area contributed by atoms with Crippen LogP contribution in [-0.4, -0.2) is 34.5 Å². The first-order valence-corrected chi connectivity index (χ1v) is 6.78. The van der Waals surface area contributed by atoms with Crippen LogP contribution in [0.5, 0.6) is 0 Å². The zero-order valence-corrected chi connectivity index (χ0v) is 11.0. The highest BCUT2D eigenvalue weighted by Crippen LogP contribution is 2.23. The number of rotatable bonds is 3. The molecule has 0 aromatic heterocycles. The molecule has 1 atom stereocenters. The molecule has 0 fully saturated rings. The first-order valence-electron chi connectivity index (χ1n) is 5.80. The van der Waals surface area contributed by atoms with Crippen LogP contribution in [-0.2, 0) is 5.75 Å². The Morgan fingerprint density at radius 3 is 3.05 bits per heavy atom. The quantitative estimate of drug-likeness (QED) is 0.629. The third-order valence-corrected chi connectivity index (χ3v) is 3.87. The van der Waals surface area contributed by atoms with E-state index in [0.29, 0.717) is 11.6 Å². The average Bonchev–Trinajstić information content (AvgIpc) is 2.94. The molecule has 2 aliphatic heterocycles. The Hall–Kier alpha value is -2.35. The molecule has 3 rings (SSSR count). The number of fused-ring (bicyclic) bond motifs is 1. The number of non-ortho nitro benzene ring substituents is 1. The lowest BCUT2D eigenvalue weighted by Gasteiger charge is -2.13. The van der Waals surface area contributed by atoms with Gasteiger partial charge in [-0.25, -0.2) is 15.0 Å². The molecule has 2 aliphatic rings. The molecule has 2 heterocycles. The van der Waals surface area contributed by atoms with Crippen molar-refractivity contribution in [3.05, 3.63) is 39.9 Å². The van der Waals surface area contributed by atoms with E-state index < -0.39 is 4.92 Å². The van der Waals surface area contributed by atoms with Crippen molar-refractivity contribution in [1.29, 1.82) is 0 Å². The van der Waals surface area contributed by atoms with Gasteiger partial charge in [-0.1, -0.05) is 12.1 Å². The summed E-state index contributed by atoms with van der Waals surface area (Å²) in [5, 5.41) is 11.5. The second kappa shape index (κ2) is 5.33. The van der Waals surface area contributed by atoms with Gasteiger partial charge in [-0.3, -0.25) is 15.1 Å². The lowest BCUT2D eigenvalue weighted by molar-refractivity contribution is -0.384. The van der Waals surface area contributed by atoms with E-state index in [9.17, 15) is 10.1 Å². The summed E-state index contributed by atoms with van der Waals surface area (Å²) in [6.07, 6.45) is 2.94. The molecule has 0 radical (unpaired) electrons. The number of benzene rings is 1. The van der Waals surface area contributed by atoms with Crippen molar-refractivity contribution in [2.24, 2.45) is 20.0 Å². The molecule has 1 unspecified atom stereocenters. The van der Waals surface area contributed by atoms with Crippen LogP contribution in [0, 0.1) is 10.1 Å². The van der Waals surface area contributed by atoms with E-state index >= 15 is 0 Å². The molecule has 0 N–H and O–H groups in total. The van der Waals surface area contributed by atoms with Crippen molar-refractivity contribution in [2.45, 2.75) is 11.8 Å². The van der Waals surface area contributed by atoms with E-state index in [1.807, 2.05) is 6.07 Å². The maximum Gasteiger partial charge on any atom is 0.269 e. The summed E-state index contributed by atoms with van der Waals surface area (Å²) in [6, 6.07) is 6.36. The van der Waals surface area contributed by atoms with Crippen LogP contribution in [0.3, 0.4) is 0 Å². The van der Waals surface area contributed by atoms with Gasteiger partial charge in [0.2, 0.25) is 0 Å². The number of nitro groups is 1. The molecule has 0 aliphatic carbocycles. The molecule has 1 aromatic carbocycles. The van der Waals surface area contributed by atoms with Crippen molar-refractivity contribution in [3.8, 4) is 0 Å². The van der Waals surface area contributed by atoms with Crippen molar-refractivity contribution in [3.63, 3.8) is 0 Å². The number of nitrogens with zero attached hydrogens (tertiary/aromatic N) is 5. The minimum Gasteiger partial charge on any atom is -0.258 e. The topological polar surface area (TPSA) is 92.6 Å². The Bertz CT molecular complexity index is 680. The minimum atomic E-state index is -0.398. The van der Waals surface area contributed by atoms with E-state index in [2.05, 4.69) is 20.0 Å². The van der Waals surface area contributed by atoms with Crippen LogP contribution < -0.4 is 0 Å². The number of nitro benzene ring substituents is 1. The van der Waals surface area contributed by atoms with Crippen LogP contribution in [0.1, 0.15) is 5.56 Å². The third-order valence-electron chi connectivity index (χ3n) is 2.77. The molecular formula is C12H9N5O2S. The van der Waals surface area contributed by atoms with E-state index in [1.165, 1.54) is 30.5 Å². The van der Waals surface area contributed by atoms with Crippen molar-refractivity contribution in [2.75, 3.05) is 0 Å². The van der Waals surface area contributed by atoms with Gasteiger partial charge in [0.25, 0.3) is 5.69 Å². The number of amidine groups is 1. The van der Waals surface area contributed by atoms with Crippen LogP contribution in [0.4, 0.5) is 5.69 Å². The highest BCUT2D eigenvalue weighted by molar-refractivity contribution is 8.13. The fourth-order valence-corrected chi connectivity index (χ4v) is 2.76. The summed E-state index contributed by atoms with van der Waals surface area (Å²) in [4.78, 5) is 26.8. The largest absolute Gasteiger partial charge is 0.269 e. The van der Waals surface area contributed by atoms with E-state index in [-0.39, 0.29) is 11.7 Å². The Kier molecular flexibility index (Phi) is 3.38. The SMILES string of the molecule is O=[N+]([O-])c1cccc(CSC2=NC=NC3=NC=NC32)c1. The normalized spacial score (nSPS) is 19.5. The van der Waals surface area contributed by atoms with E-state index in [1.54, 1.807) is 12.1 Å². The molecule has 0 bridgehead atoms. The Balaban J connectivity index is 1.71. The highest BCUT2D eigenvalue weighted by atomic mass is 32.2. The molecule has 0 spiro atoms. The first-order chi connectivity index (χ1) is 9.74. The summed E-state index contributed by atoms with van der Waals surface area (Å²) < 4.78 is 0. The molecule has 0 saturated heterocycles. The molecule has 7 nitrogen and oxygen atoms in total. The van der Waals surface area contributed by atoms with Gasteiger partial charge in [0.1, 0.15) is 17.7 Å². The van der Waals surface area contributed by atoms with Gasteiger partial charge in [0.15, 0.2) is 11.9 Å². The van der Waals surface area contributed by atoms with E-state index in [4.69, 9.17) is 0 Å². The number of hydrogen-bond donors (Lipinski definition) is 0. The highest BCUT2D eigenvalue weighted by Gasteiger charge is 2.26. The summed E-state index contributed by atoms with van der Waals surface area (Å²) >= 11 is 1.49. The van der Waals surface area contributed by atoms with Crippen molar-refractivity contribution < 1.29 is 4.92 Å². The number of thioether (sulfide) groups is 1. The Labute approximate surface area is 118 Å². The fraction of sp³-hybridized carbons (Fsp3) is 0.167. The summed E-state index contributed by atoms with van der Waals surface area (Å²) in [6.45, 7) is 0. The summed E-state index contributed by atoms with van der Waals surface area (Å²) in [7, 11) is 0. The van der Waals surface area contributed by atoms with Crippen LogP contribution >= 0.6 is 11.8 Å². The zero-order chi connectivity index (χ0) is 13.9. The van der Waals surface area contributed by atoms with Crippen molar-refractivity contribution in [1.82, 2.24) is 0 Å². The van der Waals surface area contributed by atoms with Gasteiger partial charge in [0, 0.05) is 17.9 Å². The third kappa shape index (κ3) is 2.50. The lowest BCUT2D eigenvalue weighted by Crippen LogP contribution is -2.25. The fourth-order valence-electron chi connectivity index (χ4n) is 1.82. The molecule has 0 amide bonds. The predicted octanol–water partition coefficient (Wildman–Crippen LogP) is 2.08. The Morgan fingerprint density at radius 1 is 1.30 bits per heavy atom. The van der Waals surface area contributed by atoms with Gasteiger partial charge in [-0.05, 0) is 5.56 Å². The summed E-state index contributed by atoms with van der Waals surface area (Å²) in [5.41, 5.74) is 0.964. The maximum absolute atomic E-state index is 10.7. The molecule has 0 saturated carbocycles. The predicted molar refractivity (Wildman–Crippen MR) is 80.0 cm³/mol. The first kappa shape index (κ1) is 12.7. The lowest BCUT2D eigenvalue weighted by atomic mass is 10.2. The summed E-state index contributed by atoms with van der Waals surface area (Å²) in [5.74, 6) is 1.23. The van der Waals surface area contributed by atoms with Gasteiger partial charge in [-0.2, -0.15) is 0 Å². The van der Waals surface area contributed by atoms with Gasteiger partial charge in [0.05, 0.1) is 4.92 Å². The van der Waals surface area contributed by atoms with Crippen LogP contribution in [0.15, 0.2) is 44.2 Å². The monoisotopic (exact) mass is 287 g/mol. The van der Waals surface area contributed by atoms with Gasteiger partial charge >= 0.3 is 0 Å². The standard InChI is InChI=1S/C12H9N5O2S/c18-17(19)9-3-1-2-8(4-9)5-20-12-10-11(14-6-13-10)15-7-16-12/h1-4,6-7,10H,5H2.